The van der Waals surface area contributed by atoms with Crippen molar-refractivity contribution in [2.24, 2.45) is 0 Å². The van der Waals surface area contributed by atoms with Gasteiger partial charge in [0.05, 0.1) is 12.6 Å². The minimum atomic E-state index is 0.0207. The van der Waals surface area contributed by atoms with Crippen molar-refractivity contribution < 1.29 is 9.32 Å². The summed E-state index contributed by atoms with van der Waals surface area (Å²) in [6.07, 6.45) is 2.92. The molecule has 0 bridgehead atoms. The number of aryl methyl sites for hydroxylation is 2. The van der Waals surface area contributed by atoms with Crippen molar-refractivity contribution in [3.63, 3.8) is 0 Å². The highest BCUT2D eigenvalue weighted by atomic mass is 16.5. The van der Waals surface area contributed by atoms with Gasteiger partial charge in [-0.15, -0.1) is 0 Å². The molecule has 26 heavy (non-hydrogen) atoms. The van der Waals surface area contributed by atoms with E-state index in [-0.39, 0.29) is 11.9 Å². The molecular formula is C20H28N4O2. The van der Waals surface area contributed by atoms with Gasteiger partial charge in [-0.2, -0.15) is 4.98 Å². The predicted octanol–water partition coefficient (Wildman–Crippen LogP) is 3.00. The molecule has 140 valence electrons. The summed E-state index contributed by atoms with van der Waals surface area (Å²) in [7, 11) is 0. The van der Waals surface area contributed by atoms with Gasteiger partial charge in [0.25, 0.3) is 0 Å². The fraction of sp³-hybridized carbons (Fsp3) is 0.550. The van der Waals surface area contributed by atoms with Gasteiger partial charge in [-0.1, -0.05) is 36.3 Å². The Labute approximate surface area is 155 Å². The molecule has 1 amide bonds. The van der Waals surface area contributed by atoms with Crippen LogP contribution in [0.4, 0.5) is 0 Å². The molecule has 1 N–H and O–H groups in total. The number of carbonyl (C=O) groups excluding carboxylic acids is 1. The molecular weight excluding hydrogens is 328 g/mol. The smallest absolute Gasteiger partial charge is 0.234 e. The molecule has 6 heteroatoms. The summed E-state index contributed by atoms with van der Waals surface area (Å²) in [6, 6.07) is 8.47. The van der Waals surface area contributed by atoms with Gasteiger partial charge in [-0.05, 0) is 57.3 Å². The molecule has 1 atom stereocenters. The zero-order chi connectivity index (χ0) is 18.5. The van der Waals surface area contributed by atoms with E-state index in [9.17, 15) is 4.79 Å². The second-order valence-corrected chi connectivity index (χ2v) is 7.11. The van der Waals surface area contributed by atoms with Crippen LogP contribution in [0, 0.1) is 6.92 Å². The van der Waals surface area contributed by atoms with Gasteiger partial charge in [0.15, 0.2) is 5.82 Å². The number of hydrogen-bond acceptors (Lipinski definition) is 5. The number of hydrogen-bond donors (Lipinski definition) is 1. The third-order valence-electron chi connectivity index (χ3n) is 5.11. The van der Waals surface area contributed by atoms with E-state index in [0.717, 1.165) is 43.8 Å². The Morgan fingerprint density at radius 2 is 2.00 bits per heavy atom. The van der Waals surface area contributed by atoms with Gasteiger partial charge in [0.1, 0.15) is 0 Å². The molecule has 0 radical (unpaired) electrons. The van der Waals surface area contributed by atoms with Crippen LogP contribution in [0.25, 0.3) is 0 Å². The minimum absolute atomic E-state index is 0.0207. The molecule has 2 aromatic rings. The molecule has 3 rings (SSSR count). The van der Waals surface area contributed by atoms with E-state index in [1.807, 2.05) is 13.8 Å². The maximum Gasteiger partial charge on any atom is 0.234 e. The largest absolute Gasteiger partial charge is 0.348 e. The highest BCUT2D eigenvalue weighted by molar-refractivity contribution is 5.78. The van der Waals surface area contributed by atoms with E-state index in [2.05, 4.69) is 51.5 Å². The van der Waals surface area contributed by atoms with Crippen LogP contribution in [0.3, 0.4) is 0 Å². The predicted molar refractivity (Wildman–Crippen MR) is 99.8 cm³/mol. The minimum Gasteiger partial charge on any atom is -0.348 e. The lowest BCUT2D eigenvalue weighted by Gasteiger charge is -2.30. The molecule has 0 aliphatic carbocycles. The summed E-state index contributed by atoms with van der Waals surface area (Å²) in [5, 5.41) is 6.97. The van der Waals surface area contributed by atoms with Gasteiger partial charge in [0.2, 0.25) is 11.8 Å². The molecule has 1 aromatic carbocycles. The first kappa shape index (κ1) is 18.6. The van der Waals surface area contributed by atoms with Crippen LogP contribution in [0.1, 0.15) is 61.5 Å². The fourth-order valence-electron chi connectivity index (χ4n) is 3.43. The lowest BCUT2D eigenvalue weighted by molar-refractivity contribution is -0.123. The quantitative estimate of drug-likeness (QED) is 0.861. The summed E-state index contributed by atoms with van der Waals surface area (Å²) < 4.78 is 5.28. The molecule has 1 aliphatic rings. The van der Waals surface area contributed by atoms with Gasteiger partial charge in [-0.3, -0.25) is 9.69 Å². The molecule has 1 unspecified atom stereocenters. The van der Waals surface area contributed by atoms with E-state index < -0.39 is 0 Å². The molecule has 2 heterocycles. The Hall–Kier alpha value is -2.21. The standard InChI is InChI=1S/C20H28N4O2/c1-4-16-5-7-17(8-6-16)14(2)21-19(25)13-24-11-9-18(10-12-24)20-22-15(3)23-26-20/h5-8,14,18H,4,9-13H2,1-3H3,(H,21,25). The van der Waals surface area contributed by atoms with E-state index in [1.165, 1.54) is 5.56 Å². The lowest BCUT2D eigenvalue weighted by Crippen LogP contribution is -2.41. The van der Waals surface area contributed by atoms with Gasteiger partial charge < -0.3 is 9.84 Å². The Morgan fingerprint density at radius 1 is 1.31 bits per heavy atom. The Bertz CT molecular complexity index is 718. The number of rotatable bonds is 6. The van der Waals surface area contributed by atoms with Crippen molar-refractivity contribution in [2.75, 3.05) is 19.6 Å². The van der Waals surface area contributed by atoms with Crippen LogP contribution in [-0.2, 0) is 11.2 Å². The van der Waals surface area contributed by atoms with Crippen LogP contribution in [0.15, 0.2) is 28.8 Å². The molecule has 1 aromatic heterocycles. The number of nitrogens with one attached hydrogen (secondary N) is 1. The number of carbonyl (C=O) groups is 1. The number of likely N-dealkylation sites (tertiary alicyclic amines) is 1. The summed E-state index contributed by atoms with van der Waals surface area (Å²) in [5.41, 5.74) is 2.45. The number of piperidine rings is 1. The maximum absolute atomic E-state index is 12.4. The van der Waals surface area contributed by atoms with Crippen LogP contribution < -0.4 is 5.32 Å². The third kappa shape index (κ3) is 4.69. The van der Waals surface area contributed by atoms with Crippen LogP contribution in [-0.4, -0.2) is 40.6 Å². The third-order valence-corrected chi connectivity index (χ3v) is 5.11. The monoisotopic (exact) mass is 356 g/mol. The normalized spacial score (nSPS) is 17.2. The van der Waals surface area contributed by atoms with E-state index in [0.29, 0.717) is 18.3 Å². The Morgan fingerprint density at radius 3 is 2.58 bits per heavy atom. The van der Waals surface area contributed by atoms with Crippen LogP contribution >= 0.6 is 0 Å². The average molecular weight is 356 g/mol. The topological polar surface area (TPSA) is 71.3 Å². The summed E-state index contributed by atoms with van der Waals surface area (Å²) in [4.78, 5) is 18.9. The zero-order valence-corrected chi connectivity index (χ0v) is 15.9. The molecule has 0 saturated carbocycles. The number of benzene rings is 1. The fourth-order valence-corrected chi connectivity index (χ4v) is 3.43. The summed E-state index contributed by atoms with van der Waals surface area (Å²) >= 11 is 0. The molecule has 6 nitrogen and oxygen atoms in total. The number of nitrogens with zero attached hydrogens (tertiary/aromatic N) is 3. The SMILES string of the molecule is CCc1ccc(C(C)NC(=O)CN2CCC(c3nc(C)no3)CC2)cc1. The first-order chi connectivity index (χ1) is 12.5. The van der Waals surface area contributed by atoms with Gasteiger partial charge >= 0.3 is 0 Å². The summed E-state index contributed by atoms with van der Waals surface area (Å²) in [5.74, 6) is 1.80. The maximum atomic E-state index is 12.4. The van der Waals surface area contributed by atoms with Crippen molar-refractivity contribution in [3.8, 4) is 0 Å². The highest BCUT2D eigenvalue weighted by Crippen LogP contribution is 2.26. The first-order valence-electron chi connectivity index (χ1n) is 9.46. The van der Waals surface area contributed by atoms with Crippen molar-refractivity contribution in [1.82, 2.24) is 20.4 Å². The van der Waals surface area contributed by atoms with Crippen molar-refractivity contribution in [3.05, 3.63) is 47.1 Å². The summed E-state index contributed by atoms with van der Waals surface area (Å²) in [6.45, 7) is 8.20. The second-order valence-electron chi connectivity index (χ2n) is 7.11. The van der Waals surface area contributed by atoms with Crippen molar-refractivity contribution in [1.29, 1.82) is 0 Å². The second kappa shape index (κ2) is 8.45. The van der Waals surface area contributed by atoms with Gasteiger partial charge in [-0.25, -0.2) is 0 Å². The van der Waals surface area contributed by atoms with Crippen molar-refractivity contribution in [2.45, 2.75) is 52.0 Å². The highest BCUT2D eigenvalue weighted by Gasteiger charge is 2.26. The van der Waals surface area contributed by atoms with Gasteiger partial charge in [0, 0.05) is 5.92 Å². The van der Waals surface area contributed by atoms with E-state index in [1.54, 1.807) is 0 Å². The Kier molecular flexibility index (Phi) is 6.04. The molecule has 1 fully saturated rings. The first-order valence-corrected chi connectivity index (χ1v) is 9.46. The van der Waals surface area contributed by atoms with Crippen molar-refractivity contribution >= 4 is 5.91 Å². The Balaban J connectivity index is 1.45. The molecule has 1 saturated heterocycles. The van der Waals surface area contributed by atoms with Crippen LogP contribution in [0.2, 0.25) is 0 Å². The number of amides is 1. The van der Waals surface area contributed by atoms with Crippen LogP contribution in [0.5, 0.6) is 0 Å². The average Bonchev–Trinajstić information content (AvgIpc) is 3.08. The van der Waals surface area contributed by atoms with E-state index in [4.69, 9.17) is 4.52 Å². The lowest BCUT2D eigenvalue weighted by atomic mass is 9.97. The molecule has 1 aliphatic heterocycles. The molecule has 0 spiro atoms. The number of aromatic nitrogens is 2. The van der Waals surface area contributed by atoms with E-state index >= 15 is 0 Å². The zero-order valence-electron chi connectivity index (χ0n) is 15.9.